The van der Waals surface area contributed by atoms with Crippen molar-refractivity contribution in [2.45, 2.75) is 368 Å². The number of hydrogen-bond donors (Lipinski definition) is 3. The number of carbonyl (C=O) groups is 4. The molecule has 0 fully saturated rings. The van der Waals surface area contributed by atoms with E-state index in [1.807, 2.05) is 0 Å². The van der Waals surface area contributed by atoms with Crippen LogP contribution in [0.25, 0.3) is 0 Å². The first kappa shape index (κ1) is 86.1. The van der Waals surface area contributed by atoms with Gasteiger partial charge in [-0.25, -0.2) is 9.13 Å². The van der Waals surface area contributed by atoms with Gasteiger partial charge in [0, 0.05) is 25.7 Å². The van der Waals surface area contributed by atoms with Gasteiger partial charge >= 0.3 is 39.5 Å². The first-order valence-corrected chi connectivity index (χ1v) is 39.0. The zero-order chi connectivity index (χ0) is 65.0. The summed E-state index contributed by atoms with van der Waals surface area (Å²) in [6, 6.07) is 0. The number of ether oxygens (including phenoxy) is 4. The molecule has 5 atom stereocenters. The third-order valence-electron chi connectivity index (χ3n) is 16.0. The predicted octanol–water partition coefficient (Wildman–Crippen LogP) is 19.6. The van der Waals surface area contributed by atoms with Gasteiger partial charge < -0.3 is 33.8 Å². The van der Waals surface area contributed by atoms with Crippen molar-refractivity contribution in [3.63, 3.8) is 0 Å². The zero-order valence-electron chi connectivity index (χ0n) is 57.0. The predicted molar refractivity (Wildman–Crippen MR) is 354 cm³/mol. The van der Waals surface area contributed by atoms with Crippen LogP contribution < -0.4 is 0 Å². The monoisotopic (exact) mass is 1300 g/mol. The van der Waals surface area contributed by atoms with Gasteiger partial charge in [0.25, 0.3) is 0 Å². The molecule has 0 aromatic carbocycles. The van der Waals surface area contributed by atoms with E-state index in [0.717, 1.165) is 103 Å². The van der Waals surface area contributed by atoms with Crippen molar-refractivity contribution >= 4 is 39.5 Å². The second kappa shape index (κ2) is 61.3. The first-order chi connectivity index (χ1) is 42.4. The Balaban J connectivity index is 5.12. The third kappa shape index (κ3) is 62.8. The first-order valence-electron chi connectivity index (χ1n) is 36.0. The van der Waals surface area contributed by atoms with Crippen LogP contribution in [0.1, 0.15) is 350 Å². The number of phosphoric acid groups is 2. The average Bonchev–Trinajstić information content (AvgIpc) is 3.70. The number of rotatable bonds is 68. The Bertz CT molecular complexity index is 1720. The molecular weight excluding hydrogens is 1160 g/mol. The molecule has 0 bridgehead atoms. The molecule has 88 heavy (non-hydrogen) atoms. The molecular formula is C69H134O17P2. The largest absolute Gasteiger partial charge is 0.472 e. The topological polar surface area (TPSA) is 237 Å². The fourth-order valence-electron chi connectivity index (χ4n) is 10.4. The number of hydrogen-bond acceptors (Lipinski definition) is 15. The third-order valence-corrected chi connectivity index (χ3v) is 17.9. The summed E-state index contributed by atoms with van der Waals surface area (Å²) >= 11 is 0. The van der Waals surface area contributed by atoms with Gasteiger partial charge in [0.15, 0.2) is 12.2 Å². The molecule has 2 unspecified atom stereocenters. The molecule has 17 nitrogen and oxygen atoms in total. The lowest BCUT2D eigenvalue weighted by molar-refractivity contribution is -0.161. The van der Waals surface area contributed by atoms with Crippen LogP contribution in [0.3, 0.4) is 0 Å². The molecule has 0 heterocycles. The molecule has 0 saturated heterocycles. The van der Waals surface area contributed by atoms with Crippen LogP contribution in [0, 0.1) is 11.8 Å². The molecule has 3 N–H and O–H groups in total. The highest BCUT2D eigenvalue weighted by Gasteiger charge is 2.30. The average molecular weight is 1300 g/mol. The van der Waals surface area contributed by atoms with Gasteiger partial charge in [-0.2, -0.15) is 0 Å². The summed E-state index contributed by atoms with van der Waals surface area (Å²) in [5.74, 6) is -0.762. The molecule has 522 valence electrons. The van der Waals surface area contributed by atoms with Gasteiger partial charge in [0.2, 0.25) is 0 Å². The maximum absolute atomic E-state index is 13.0. The zero-order valence-corrected chi connectivity index (χ0v) is 58.8. The standard InChI is InChI=1S/C69H134O17P2/c1-7-9-11-13-15-17-18-19-20-21-22-23-24-25-26-27-28-29-33-41-47-53-68(73)85-64(57-80-67(72)52-46-40-34-30-31-37-43-49-61(3)4)59-83-87(75,76)81-55-63(70)56-82-88(77,78)84-60-65(58-79-66(71)51-45-39-32-16-14-12-10-8-2)86-69(74)54-48-42-36-35-38-44-50-62(5)6/h61-65,70H,7-60H2,1-6H3,(H,75,76)(H,77,78)/t63-,64-,65-/m1/s1. The van der Waals surface area contributed by atoms with Gasteiger partial charge in [-0.1, -0.05) is 298 Å². The van der Waals surface area contributed by atoms with Gasteiger partial charge in [-0.05, 0) is 37.5 Å². The number of aliphatic hydroxyl groups excluding tert-OH is 1. The minimum Gasteiger partial charge on any atom is -0.462 e. The minimum absolute atomic E-state index is 0.102. The van der Waals surface area contributed by atoms with Crippen molar-refractivity contribution in [2.24, 2.45) is 11.8 Å². The Morgan fingerprint density at radius 2 is 0.523 bits per heavy atom. The molecule has 0 saturated carbocycles. The second-order valence-electron chi connectivity index (χ2n) is 25.9. The highest BCUT2D eigenvalue weighted by Crippen LogP contribution is 2.45. The quantitative estimate of drug-likeness (QED) is 0.0222. The number of aliphatic hydroxyl groups is 1. The van der Waals surface area contributed by atoms with E-state index < -0.39 is 97.5 Å². The van der Waals surface area contributed by atoms with Gasteiger partial charge in [-0.3, -0.25) is 37.3 Å². The molecule has 0 aliphatic heterocycles. The molecule has 0 amide bonds. The molecule has 0 aliphatic carbocycles. The fraction of sp³-hybridized carbons (Fsp3) is 0.942. The summed E-state index contributed by atoms with van der Waals surface area (Å²) < 4.78 is 68.0. The second-order valence-corrected chi connectivity index (χ2v) is 28.8. The van der Waals surface area contributed by atoms with Crippen LogP contribution in [0.5, 0.6) is 0 Å². The van der Waals surface area contributed by atoms with E-state index in [0.29, 0.717) is 37.5 Å². The highest BCUT2D eigenvalue weighted by molar-refractivity contribution is 7.47. The van der Waals surface area contributed by atoms with Crippen LogP contribution in [0.4, 0.5) is 0 Å². The van der Waals surface area contributed by atoms with Crippen molar-refractivity contribution < 1.29 is 80.2 Å². The van der Waals surface area contributed by atoms with E-state index in [2.05, 4.69) is 41.5 Å². The molecule has 0 aromatic heterocycles. The summed E-state index contributed by atoms with van der Waals surface area (Å²) in [5, 5.41) is 10.5. The maximum atomic E-state index is 13.0. The van der Waals surface area contributed by atoms with Crippen LogP contribution in [-0.4, -0.2) is 96.7 Å². The lowest BCUT2D eigenvalue weighted by Gasteiger charge is -2.21. The summed E-state index contributed by atoms with van der Waals surface area (Å²) in [4.78, 5) is 72.3. The van der Waals surface area contributed by atoms with E-state index >= 15 is 0 Å². The number of phosphoric ester groups is 2. The Morgan fingerprint density at radius 1 is 0.307 bits per heavy atom. The van der Waals surface area contributed by atoms with E-state index in [9.17, 15) is 43.2 Å². The Labute approximate surface area is 537 Å². The van der Waals surface area contributed by atoms with Crippen LogP contribution in [-0.2, 0) is 65.4 Å². The van der Waals surface area contributed by atoms with E-state index in [1.165, 1.54) is 154 Å². The number of carbonyl (C=O) groups excluding carboxylic acids is 4. The van der Waals surface area contributed by atoms with E-state index in [-0.39, 0.29) is 25.7 Å². The van der Waals surface area contributed by atoms with Crippen molar-refractivity contribution in [3.8, 4) is 0 Å². The summed E-state index contributed by atoms with van der Waals surface area (Å²) in [6.07, 6.45) is 46.4. The van der Waals surface area contributed by atoms with Crippen molar-refractivity contribution in [3.05, 3.63) is 0 Å². The van der Waals surface area contributed by atoms with Crippen molar-refractivity contribution in [1.29, 1.82) is 0 Å². The minimum atomic E-state index is -4.95. The van der Waals surface area contributed by atoms with Crippen molar-refractivity contribution in [1.82, 2.24) is 0 Å². The molecule has 0 spiro atoms. The van der Waals surface area contributed by atoms with Crippen LogP contribution in [0.15, 0.2) is 0 Å². The Kier molecular flexibility index (Phi) is 59.9. The van der Waals surface area contributed by atoms with E-state index in [1.54, 1.807) is 0 Å². The van der Waals surface area contributed by atoms with Crippen molar-refractivity contribution in [2.75, 3.05) is 39.6 Å². The molecule has 0 aromatic rings. The smallest absolute Gasteiger partial charge is 0.462 e. The van der Waals surface area contributed by atoms with Gasteiger partial charge in [-0.15, -0.1) is 0 Å². The summed E-state index contributed by atoms with van der Waals surface area (Å²) in [5.41, 5.74) is 0. The van der Waals surface area contributed by atoms with Crippen LogP contribution >= 0.6 is 15.6 Å². The maximum Gasteiger partial charge on any atom is 0.472 e. The lowest BCUT2D eigenvalue weighted by atomic mass is 10.0. The van der Waals surface area contributed by atoms with E-state index in [4.69, 9.17) is 37.0 Å². The Morgan fingerprint density at radius 3 is 0.773 bits per heavy atom. The Hall–Kier alpha value is -1.94. The molecule has 0 rings (SSSR count). The van der Waals surface area contributed by atoms with Crippen LogP contribution in [0.2, 0.25) is 0 Å². The number of unbranched alkanes of at least 4 members (excludes halogenated alkanes) is 38. The molecule has 19 heteroatoms. The fourth-order valence-corrected chi connectivity index (χ4v) is 12.0. The highest BCUT2D eigenvalue weighted by atomic mass is 31.2. The van der Waals surface area contributed by atoms with Gasteiger partial charge in [0.1, 0.15) is 19.3 Å². The lowest BCUT2D eigenvalue weighted by Crippen LogP contribution is -2.30. The SMILES string of the molecule is CCCCCCCCCCCCCCCCCCCCCCCC(=O)O[C@H](COC(=O)CCCCCCCCCC(C)C)COP(=O)(O)OC[C@@H](O)COP(=O)(O)OC[C@@H](COC(=O)CCCCCCCCCC)OC(=O)CCCCCCCCC(C)C. The summed E-state index contributed by atoms with van der Waals surface area (Å²) in [6.45, 7) is 9.35. The normalized spacial score (nSPS) is 14.2. The number of esters is 4. The molecule has 0 aliphatic rings. The van der Waals surface area contributed by atoms with Gasteiger partial charge in [0.05, 0.1) is 26.4 Å². The molecule has 0 radical (unpaired) electrons. The summed E-state index contributed by atoms with van der Waals surface area (Å²) in [7, 11) is -9.89.